The molecule has 0 saturated carbocycles. The van der Waals surface area contributed by atoms with Crippen molar-refractivity contribution < 1.29 is 9.53 Å². The van der Waals surface area contributed by atoms with Crippen molar-refractivity contribution in [3.8, 4) is 0 Å². The van der Waals surface area contributed by atoms with Crippen molar-refractivity contribution in [1.82, 2.24) is 14.9 Å². The van der Waals surface area contributed by atoms with E-state index in [2.05, 4.69) is 15.0 Å². The van der Waals surface area contributed by atoms with Gasteiger partial charge in [0, 0.05) is 34.1 Å². The molecule has 102 valence electrons. The maximum atomic E-state index is 10.9. The third kappa shape index (κ3) is 4.03. The molecule has 0 unspecified atom stereocenters. The van der Waals surface area contributed by atoms with E-state index in [1.165, 1.54) is 7.11 Å². The Balaban J connectivity index is 2.29. The van der Waals surface area contributed by atoms with E-state index in [1.54, 1.807) is 0 Å². The molecule has 1 aromatic heterocycles. The van der Waals surface area contributed by atoms with Gasteiger partial charge in [0.1, 0.15) is 0 Å². The zero-order chi connectivity index (χ0) is 13.5. The predicted molar refractivity (Wildman–Crippen MR) is 70.5 cm³/mol. The number of nitrogens with zero attached hydrogens (tertiary/aromatic N) is 3. The molecule has 0 aliphatic heterocycles. The Morgan fingerprint density at radius 1 is 1.56 bits per heavy atom. The van der Waals surface area contributed by atoms with Crippen LogP contribution in [0.25, 0.3) is 0 Å². The molecular formula is C12H22N4O2. The topological polar surface area (TPSA) is 59.4 Å². The van der Waals surface area contributed by atoms with Crippen molar-refractivity contribution in [1.29, 1.82) is 0 Å². The lowest BCUT2D eigenvalue weighted by Gasteiger charge is -2.12. The van der Waals surface area contributed by atoms with Crippen molar-refractivity contribution in [2.24, 2.45) is 7.05 Å². The molecule has 0 fully saturated rings. The number of methoxy groups -OCH3 is 1. The van der Waals surface area contributed by atoms with Crippen LogP contribution in [0.4, 0.5) is 5.95 Å². The Labute approximate surface area is 108 Å². The van der Waals surface area contributed by atoms with Crippen LogP contribution in [0.3, 0.4) is 0 Å². The molecular weight excluding hydrogens is 232 g/mol. The van der Waals surface area contributed by atoms with Crippen LogP contribution in [-0.2, 0) is 23.1 Å². The Morgan fingerprint density at radius 3 is 2.83 bits per heavy atom. The maximum Gasteiger partial charge on any atom is 0.305 e. The number of nitrogens with one attached hydrogen (secondary N) is 1. The number of carbonyl (C=O) groups excluding carboxylic acids is 1. The van der Waals surface area contributed by atoms with Crippen LogP contribution < -0.4 is 10.2 Å². The second-order valence-electron chi connectivity index (χ2n) is 4.36. The molecule has 0 aromatic carbocycles. The molecule has 1 rings (SSSR count). The van der Waals surface area contributed by atoms with Gasteiger partial charge in [-0.15, -0.1) is 0 Å². The van der Waals surface area contributed by atoms with Crippen LogP contribution in [0.1, 0.15) is 18.5 Å². The highest BCUT2D eigenvalue weighted by molar-refractivity contribution is 5.69. The van der Waals surface area contributed by atoms with Crippen LogP contribution in [0, 0.1) is 0 Å². The van der Waals surface area contributed by atoms with Crippen LogP contribution in [0.5, 0.6) is 0 Å². The van der Waals surface area contributed by atoms with E-state index in [-0.39, 0.29) is 5.97 Å². The Bertz CT molecular complexity index is 387. The van der Waals surface area contributed by atoms with Gasteiger partial charge in [0.15, 0.2) is 0 Å². The standard InChI is InChI=1S/C12H22N4O2/c1-15(2)12-14-9-10(16(12)3)8-13-7-5-6-11(17)18-4/h9,13H,5-8H2,1-4H3. The van der Waals surface area contributed by atoms with E-state index in [0.717, 1.165) is 31.2 Å². The summed E-state index contributed by atoms with van der Waals surface area (Å²) >= 11 is 0. The third-order valence-electron chi connectivity index (χ3n) is 2.73. The van der Waals surface area contributed by atoms with Crippen molar-refractivity contribution in [3.05, 3.63) is 11.9 Å². The summed E-state index contributed by atoms with van der Waals surface area (Å²) in [7, 11) is 7.34. The van der Waals surface area contributed by atoms with Crippen molar-refractivity contribution >= 4 is 11.9 Å². The summed E-state index contributed by atoms with van der Waals surface area (Å²) in [5.41, 5.74) is 1.12. The van der Waals surface area contributed by atoms with E-state index in [4.69, 9.17) is 0 Å². The monoisotopic (exact) mass is 254 g/mol. The van der Waals surface area contributed by atoms with Crippen LogP contribution in [0.15, 0.2) is 6.20 Å². The molecule has 1 heterocycles. The number of esters is 1. The smallest absolute Gasteiger partial charge is 0.305 e. The highest BCUT2D eigenvalue weighted by Crippen LogP contribution is 2.10. The first kappa shape index (κ1) is 14.5. The van der Waals surface area contributed by atoms with Gasteiger partial charge in [-0.2, -0.15) is 0 Å². The molecule has 0 aliphatic rings. The van der Waals surface area contributed by atoms with Gasteiger partial charge in [-0.1, -0.05) is 0 Å². The number of rotatable bonds is 7. The van der Waals surface area contributed by atoms with Crippen LogP contribution >= 0.6 is 0 Å². The maximum absolute atomic E-state index is 10.9. The number of carbonyl (C=O) groups is 1. The summed E-state index contributed by atoms with van der Waals surface area (Å²) in [6.07, 6.45) is 3.10. The lowest BCUT2D eigenvalue weighted by atomic mass is 10.3. The molecule has 6 nitrogen and oxygen atoms in total. The fourth-order valence-corrected chi connectivity index (χ4v) is 1.69. The summed E-state index contributed by atoms with van der Waals surface area (Å²) in [6, 6.07) is 0. The zero-order valence-electron chi connectivity index (χ0n) is 11.6. The van der Waals surface area contributed by atoms with Crippen molar-refractivity contribution in [2.45, 2.75) is 19.4 Å². The van der Waals surface area contributed by atoms with Gasteiger partial charge < -0.3 is 19.5 Å². The molecule has 0 bridgehead atoms. The predicted octanol–water partition coefficient (Wildman–Crippen LogP) is 0.529. The summed E-state index contributed by atoms with van der Waals surface area (Å²) in [4.78, 5) is 17.2. The highest BCUT2D eigenvalue weighted by atomic mass is 16.5. The minimum absolute atomic E-state index is 0.160. The number of anilines is 1. The molecule has 0 spiro atoms. The number of ether oxygens (including phenoxy) is 1. The second-order valence-corrected chi connectivity index (χ2v) is 4.36. The molecule has 1 aromatic rings. The van der Waals surface area contributed by atoms with E-state index in [9.17, 15) is 4.79 Å². The van der Waals surface area contributed by atoms with Gasteiger partial charge in [0.05, 0.1) is 19.0 Å². The largest absolute Gasteiger partial charge is 0.469 e. The van der Waals surface area contributed by atoms with Crippen molar-refractivity contribution in [2.75, 3.05) is 32.6 Å². The summed E-state index contributed by atoms with van der Waals surface area (Å²) in [6.45, 7) is 1.54. The van der Waals surface area contributed by atoms with Gasteiger partial charge in [-0.05, 0) is 13.0 Å². The summed E-state index contributed by atoms with van der Waals surface area (Å²) in [5.74, 6) is 0.772. The van der Waals surface area contributed by atoms with E-state index in [0.29, 0.717) is 6.42 Å². The van der Waals surface area contributed by atoms with Gasteiger partial charge >= 0.3 is 5.97 Å². The second kappa shape index (κ2) is 7.00. The van der Waals surface area contributed by atoms with E-state index < -0.39 is 0 Å². The molecule has 18 heavy (non-hydrogen) atoms. The molecule has 1 N–H and O–H groups in total. The van der Waals surface area contributed by atoms with E-state index >= 15 is 0 Å². The number of imidazole rings is 1. The minimum atomic E-state index is -0.160. The van der Waals surface area contributed by atoms with E-state index in [1.807, 2.05) is 36.8 Å². The van der Waals surface area contributed by atoms with Gasteiger partial charge in [-0.3, -0.25) is 4.79 Å². The number of hydrogen-bond donors (Lipinski definition) is 1. The van der Waals surface area contributed by atoms with Crippen LogP contribution in [0.2, 0.25) is 0 Å². The number of aromatic nitrogens is 2. The lowest BCUT2D eigenvalue weighted by Crippen LogP contribution is -2.19. The quantitative estimate of drug-likeness (QED) is 0.568. The first-order chi connectivity index (χ1) is 8.56. The van der Waals surface area contributed by atoms with Crippen LogP contribution in [-0.4, -0.2) is 43.3 Å². The molecule has 6 heteroatoms. The SMILES string of the molecule is COC(=O)CCCNCc1cnc(N(C)C)n1C. The molecule has 0 atom stereocenters. The Morgan fingerprint density at radius 2 is 2.28 bits per heavy atom. The lowest BCUT2D eigenvalue weighted by molar-refractivity contribution is -0.140. The minimum Gasteiger partial charge on any atom is -0.469 e. The molecule has 0 saturated heterocycles. The number of hydrogen-bond acceptors (Lipinski definition) is 5. The third-order valence-corrected chi connectivity index (χ3v) is 2.73. The van der Waals surface area contributed by atoms with Gasteiger partial charge in [-0.25, -0.2) is 4.98 Å². The highest BCUT2D eigenvalue weighted by Gasteiger charge is 2.07. The Kier molecular flexibility index (Phi) is 5.64. The first-order valence-electron chi connectivity index (χ1n) is 6.01. The fourth-order valence-electron chi connectivity index (χ4n) is 1.69. The zero-order valence-corrected chi connectivity index (χ0v) is 11.6. The fraction of sp³-hybridized carbons (Fsp3) is 0.667. The Hall–Kier alpha value is -1.56. The summed E-state index contributed by atoms with van der Waals surface area (Å²) in [5, 5.41) is 3.29. The molecule has 0 amide bonds. The first-order valence-corrected chi connectivity index (χ1v) is 6.01. The van der Waals surface area contributed by atoms with Gasteiger partial charge in [0.25, 0.3) is 0 Å². The average molecular weight is 254 g/mol. The normalized spacial score (nSPS) is 10.4. The van der Waals surface area contributed by atoms with Gasteiger partial charge in [0.2, 0.25) is 5.95 Å². The average Bonchev–Trinajstić information content (AvgIpc) is 2.70. The molecule has 0 radical (unpaired) electrons. The van der Waals surface area contributed by atoms with Crippen molar-refractivity contribution in [3.63, 3.8) is 0 Å². The molecule has 0 aliphatic carbocycles. The summed E-state index contributed by atoms with van der Waals surface area (Å²) < 4.78 is 6.63.